The molecule has 3 aromatic carbocycles. The largest absolute Gasteiger partial charge is 0.497 e. The van der Waals surface area contributed by atoms with Crippen LogP contribution in [0.4, 0.5) is 5.95 Å². The summed E-state index contributed by atoms with van der Waals surface area (Å²) in [5, 5.41) is 12.3. The van der Waals surface area contributed by atoms with Crippen LogP contribution in [0.2, 0.25) is 0 Å². The predicted molar refractivity (Wildman–Crippen MR) is 272 cm³/mol. The zero-order chi connectivity index (χ0) is 51.0. The van der Waals surface area contributed by atoms with Gasteiger partial charge in [0.05, 0.1) is 57.8 Å². The van der Waals surface area contributed by atoms with E-state index in [4.69, 9.17) is 44.9 Å². The van der Waals surface area contributed by atoms with Gasteiger partial charge in [-0.2, -0.15) is 10.2 Å². The Hall–Kier alpha value is -5.56. The van der Waals surface area contributed by atoms with E-state index in [1.807, 2.05) is 107 Å². The third-order valence-corrected chi connectivity index (χ3v) is 16.2. The number of nitriles is 1. The molecule has 380 valence electrons. The van der Waals surface area contributed by atoms with E-state index in [0.717, 1.165) is 16.7 Å². The normalized spacial score (nSPS) is 19.6. The van der Waals surface area contributed by atoms with Crippen LogP contribution in [0.25, 0.3) is 11.2 Å². The number of hydrogen-bond donors (Lipinski definition) is 2. The van der Waals surface area contributed by atoms with Crippen molar-refractivity contribution in [1.82, 2.24) is 29.1 Å². The molecule has 2 aliphatic rings. The number of carbonyl (C=O) groups excluding carboxylic acids is 1. The second-order valence-electron chi connectivity index (χ2n) is 17.9. The Morgan fingerprint density at radius 3 is 2.08 bits per heavy atom. The summed E-state index contributed by atoms with van der Waals surface area (Å²) in [7, 11) is -2.10. The number of nitrogens with one attached hydrogen (secondary N) is 2. The van der Waals surface area contributed by atoms with Gasteiger partial charge in [0.25, 0.3) is 19.3 Å². The van der Waals surface area contributed by atoms with Crippen LogP contribution in [0.1, 0.15) is 70.9 Å². The highest BCUT2D eigenvalue weighted by molar-refractivity contribution is 7.91. The van der Waals surface area contributed by atoms with Crippen molar-refractivity contribution in [3.63, 3.8) is 0 Å². The van der Waals surface area contributed by atoms with Crippen molar-refractivity contribution >= 4 is 58.8 Å². The van der Waals surface area contributed by atoms with E-state index >= 15 is 0 Å². The molecule has 2 fully saturated rings. The molecule has 4 heterocycles. The van der Waals surface area contributed by atoms with Gasteiger partial charge in [-0.1, -0.05) is 68.4 Å². The van der Waals surface area contributed by atoms with Crippen molar-refractivity contribution in [2.24, 2.45) is 5.92 Å². The Labute approximate surface area is 420 Å². The molecule has 0 saturated carbocycles. The number of fused-ring (bicyclic) bond motifs is 1. The summed E-state index contributed by atoms with van der Waals surface area (Å²) in [4.78, 5) is 39.9. The van der Waals surface area contributed by atoms with Crippen molar-refractivity contribution in [1.29, 1.82) is 5.26 Å². The summed E-state index contributed by atoms with van der Waals surface area (Å²) in [6.45, 7) is 11.5. The predicted octanol–water partition coefficient (Wildman–Crippen LogP) is 6.70. The number of ether oxygens (including phenoxy) is 5. The number of anilines is 1. The second kappa shape index (κ2) is 23.3. The van der Waals surface area contributed by atoms with E-state index < -0.39 is 60.0 Å². The summed E-state index contributed by atoms with van der Waals surface area (Å²) in [5.41, 5.74) is 0.358. The molecule has 5 atom stereocenters. The van der Waals surface area contributed by atoms with Crippen molar-refractivity contribution in [3.05, 3.63) is 112 Å². The van der Waals surface area contributed by atoms with Crippen molar-refractivity contribution in [2.45, 2.75) is 90.2 Å². The summed E-state index contributed by atoms with van der Waals surface area (Å²) in [5.74, 6) is 0.101. The average Bonchev–Trinajstić information content (AvgIpc) is 3.92. The molecule has 71 heavy (non-hydrogen) atoms. The van der Waals surface area contributed by atoms with Crippen LogP contribution in [0, 0.1) is 17.2 Å². The van der Waals surface area contributed by atoms with Gasteiger partial charge in [0.2, 0.25) is 11.9 Å². The van der Waals surface area contributed by atoms with Gasteiger partial charge in [0.1, 0.15) is 29.3 Å². The number of hydrogen-bond acceptors (Lipinski definition) is 16. The van der Waals surface area contributed by atoms with Gasteiger partial charge in [-0.05, 0) is 80.9 Å². The number of imidazole rings is 1. The standard InChI is InChI=1S/C49H61N8O11PS2/c1-31(2)44(58)53-47-52-43-40(45(59)54-47)51-30-56(43)46-42(67-48(70)55-24-27-71(60,61)28-25-55)41(68-69(65-26-12-23-50)57(32(3)4)33(5)6)39(66-46)29-64-49(34-13-10-9-11-14-34,35-15-19-37(62-7)20-16-35)36-17-21-38(63-8)22-18-36/h9-11,13-22,30-33,39,41-42,46H,12,24-29H2,1-8H3,(H2,52,53,54,58,59)/t39-,41?,42?,46-,69?/m1/s1. The Balaban J connectivity index is 1.42. The number of aromatic nitrogens is 4. The summed E-state index contributed by atoms with van der Waals surface area (Å²) in [6, 6.07) is 26.9. The fraction of sp³-hybridized carbons (Fsp3) is 0.469. The van der Waals surface area contributed by atoms with Crippen LogP contribution >= 0.6 is 20.7 Å². The van der Waals surface area contributed by atoms with Gasteiger partial charge in [-0.3, -0.25) is 24.5 Å². The SMILES string of the molecule is COc1ccc(C(OC[C@H]2O[C@@H](n3cnc4c(=O)[nH]c(NC(=O)C(C)C)nc43)C(OC(=S)N3CCS(=O)(=O)CC3)C2OP(OCCC#N)N(C(C)C)C(C)C)(c2ccccc2)c2ccc(OC)cc2)cc1. The molecule has 2 N–H and O–H groups in total. The van der Waals surface area contributed by atoms with Crippen LogP contribution < -0.4 is 20.3 Å². The molecule has 1 amide bonds. The lowest BCUT2D eigenvalue weighted by Crippen LogP contribution is -2.48. The van der Waals surface area contributed by atoms with Gasteiger partial charge >= 0.3 is 0 Å². The maximum Gasteiger partial charge on any atom is 0.280 e. The van der Waals surface area contributed by atoms with E-state index in [2.05, 4.69) is 31.0 Å². The maximum atomic E-state index is 13.6. The fourth-order valence-electron chi connectivity index (χ4n) is 8.52. The molecule has 5 aromatic rings. The summed E-state index contributed by atoms with van der Waals surface area (Å²) < 4.78 is 75.1. The third-order valence-electron chi connectivity index (χ3n) is 12.1. The first kappa shape index (κ1) is 53.2. The third kappa shape index (κ3) is 12.0. The highest BCUT2D eigenvalue weighted by Gasteiger charge is 2.53. The lowest BCUT2D eigenvalue weighted by molar-refractivity contribution is -0.118. The first-order chi connectivity index (χ1) is 34.0. The monoisotopic (exact) mass is 1030 g/mol. The van der Waals surface area contributed by atoms with Gasteiger partial charge in [-0.15, -0.1) is 0 Å². The quantitative estimate of drug-likeness (QED) is 0.0358. The van der Waals surface area contributed by atoms with Crippen LogP contribution in [-0.2, 0) is 43.5 Å². The number of benzene rings is 3. The Morgan fingerprint density at radius 1 is 0.944 bits per heavy atom. The zero-order valence-electron chi connectivity index (χ0n) is 41.0. The maximum absolute atomic E-state index is 13.6. The summed E-state index contributed by atoms with van der Waals surface area (Å²) >= 11 is 5.99. The van der Waals surface area contributed by atoms with Gasteiger partial charge in [-0.25, -0.2) is 18.1 Å². The number of H-pyrrole nitrogens is 1. The molecule has 0 spiro atoms. The molecule has 0 radical (unpaired) electrons. The summed E-state index contributed by atoms with van der Waals surface area (Å²) in [6.07, 6.45) is -3.03. The number of nitrogens with zero attached hydrogens (tertiary/aromatic N) is 6. The molecular formula is C49H61N8O11PS2. The number of rotatable bonds is 20. The molecule has 0 aliphatic carbocycles. The molecule has 2 saturated heterocycles. The Morgan fingerprint density at radius 2 is 1.54 bits per heavy atom. The number of aromatic amines is 1. The average molecular weight is 1030 g/mol. The van der Waals surface area contributed by atoms with Crippen molar-refractivity contribution in [3.8, 4) is 17.6 Å². The van der Waals surface area contributed by atoms with E-state index in [1.165, 1.54) is 10.9 Å². The number of carbonyl (C=O) groups is 1. The minimum atomic E-state index is -3.30. The van der Waals surface area contributed by atoms with Crippen LogP contribution in [0.3, 0.4) is 0 Å². The van der Waals surface area contributed by atoms with Crippen LogP contribution in [-0.4, -0.2) is 131 Å². The molecule has 3 unspecified atom stereocenters. The smallest absolute Gasteiger partial charge is 0.280 e. The van der Waals surface area contributed by atoms with Crippen LogP contribution in [0.5, 0.6) is 11.5 Å². The molecule has 7 rings (SSSR count). The number of sulfone groups is 1. The Bertz CT molecular complexity index is 2760. The van der Waals surface area contributed by atoms with Gasteiger partial charge in [0, 0.05) is 31.1 Å². The highest BCUT2D eigenvalue weighted by Crippen LogP contribution is 2.52. The Kier molecular flexibility index (Phi) is 17.5. The molecule has 19 nitrogen and oxygen atoms in total. The number of thiocarbonyl (C=S) groups is 1. The first-order valence-electron chi connectivity index (χ1n) is 23.3. The van der Waals surface area contributed by atoms with E-state index in [1.54, 1.807) is 33.0 Å². The minimum absolute atomic E-state index is 0.0109. The lowest BCUT2D eigenvalue weighted by Gasteiger charge is -2.39. The molecule has 2 aliphatic heterocycles. The number of amides is 1. The zero-order valence-corrected chi connectivity index (χ0v) is 43.5. The molecule has 2 aromatic heterocycles. The van der Waals surface area contributed by atoms with E-state index in [0.29, 0.717) is 11.5 Å². The van der Waals surface area contributed by atoms with Crippen molar-refractivity contribution < 1.29 is 45.9 Å². The minimum Gasteiger partial charge on any atom is -0.497 e. The highest BCUT2D eigenvalue weighted by atomic mass is 32.2. The first-order valence-corrected chi connectivity index (χ1v) is 26.7. The van der Waals surface area contributed by atoms with Crippen LogP contribution in [0.15, 0.2) is 90.0 Å². The van der Waals surface area contributed by atoms with Crippen molar-refractivity contribution in [2.75, 3.05) is 57.3 Å². The molecule has 22 heteroatoms. The van der Waals surface area contributed by atoms with Gasteiger partial charge in [0.15, 0.2) is 33.3 Å². The van der Waals surface area contributed by atoms with Gasteiger partial charge < -0.3 is 37.6 Å². The molecular weight excluding hydrogens is 972 g/mol. The molecule has 0 bridgehead atoms. The van der Waals surface area contributed by atoms with E-state index in [-0.39, 0.29) is 84.5 Å². The fourth-order valence-corrected chi connectivity index (χ4v) is 11.8. The second-order valence-corrected chi connectivity index (χ2v) is 21.9. The van der Waals surface area contributed by atoms with E-state index in [9.17, 15) is 23.3 Å². The number of methoxy groups -OCH3 is 2. The lowest BCUT2D eigenvalue weighted by atomic mass is 9.80. The topological polar surface area (TPSA) is 222 Å².